The third-order valence-corrected chi connectivity index (χ3v) is 3.64. The maximum absolute atomic E-state index is 13.9. The molecule has 0 bridgehead atoms. The second-order valence-corrected chi connectivity index (χ2v) is 5.78. The first kappa shape index (κ1) is 17.3. The van der Waals surface area contributed by atoms with E-state index in [4.69, 9.17) is 4.74 Å². The Hall–Kier alpha value is -0.750. The van der Waals surface area contributed by atoms with Gasteiger partial charge in [-0.05, 0) is 39.8 Å². The highest BCUT2D eigenvalue weighted by atomic mass is 19.3. The van der Waals surface area contributed by atoms with Gasteiger partial charge < -0.3 is 10.1 Å². The third-order valence-electron chi connectivity index (χ3n) is 3.64. The Morgan fingerprint density at radius 1 is 1.40 bits per heavy atom. The van der Waals surface area contributed by atoms with Crippen LogP contribution in [0, 0.1) is 5.92 Å². The summed E-state index contributed by atoms with van der Waals surface area (Å²) in [4.78, 5) is 13.6. The number of hydrogen-bond donors (Lipinski definition) is 1. The van der Waals surface area contributed by atoms with Crippen LogP contribution in [0.5, 0.6) is 0 Å². The minimum atomic E-state index is -2.66. The van der Waals surface area contributed by atoms with Gasteiger partial charge in [-0.25, -0.2) is 8.78 Å². The fourth-order valence-corrected chi connectivity index (χ4v) is 2.53. The Balaban J connectivity index is 2.34. The number of carbonyl (C=O) groups is 1. The molecule has 0 saturated carbocycles. The zero-order valence-electron chi connectivity index (χ0n) is 12.6. The van der Waals surface area contributed by atoms with Crippen molar-refractivity contribution in [1.82, 2.24) is 10.2 Å². The van der Waals surface area contributed by atoms with Crippen molar-refractivity contribution in [2.45, 2.75) is 45.1 Å². The van der Waals surface area contributed by atoms with Crippen molar-refractivity contribution in [3.05, 3.63) is 0 Å². The Bertz CT molecular complexity index is 304. The van der Waals surface area contributed by atoms with Crippen LogP contribution in [0.2, 0.25) is 0 Å². The number of ether oxygens (including phenoxy) is 1. The SMILES string of the molecule is COCCC(F)(F)C1CCN(CC(=O)NC(C)C)CC1. The molecular formula is C14H26F2N2O2. The molecule has 1 N–H and O–H groups in total. The summed E-state index contributed by atoms with van der Waals surface area (Å²) in [6, 6.07) is 0.110. The molecule has 1 rings (SSSR count). The van der Waals surface area contributed by atoms with E-state index in [1.54, 1.807) is 0 Å². The lowest BCUT2D eigenvalue weighted by Crippen LogP contribution is -2.46. The third kappa shape index (κ3) is 5.71. The Morgan fingerprint density at radius 3 is 2.50 bits per heavy atom. The van der Waals surface area contributed by atoms with E-state index in [1.807, 2.05) is 18.7 Å². The van der Waals surface area contributed by atoms with Gasteiger partial charge in [0.1, 0.15) is 0 Å². The van der Waals surface area contributed by atoms with Crippen LogP contribution in [0.1, 0.15) is 33.1 Å². The van der Waals surface area contributed by atoms with Gasteiger partial charge in [0.2, 0.25) is 5.91 Å². The molecule has 1 fully saturated rings. The molecule has 0 aromatic rings. The Kier molecular flexibility index (Phi) is 6.82. The summed E-state index contributed by atoms with van der Waals surface area (Å²) < 4.78 is 32.5. The van der Waals surface area contributed by atoms with E-state index in [0.717, 1.165) is 0 Å². The number of alkyl halides is 2. The number of rotatable bonds is 7. The molecule has 0 spiro atoms. The van der Waals surface area contributed by atoms with E-state index >= 15 is 0 Å². The van der Waals surface area contributed by atoms with Crippen LogP contribution in [0.4, 0.5) is 8.78 Å². The largest absolute Gasteiger partial charge is 0.384 e. The van der Waals surface area contributed by atoms with E-state index in [9.17, 15) is 13.6 Å². The topological polar surface area (TPSA) is 41.6 Å². The zero-order chi connectivity index (χ0) is 15.2. The van der Waals surface area contributed by atoms with Crippen molar-refractivity contribution in [2.24, 2.45) is 5.92 Å². The van der Waals surface area contributed by atoms with Crippen molar-refractivity contribution in [1.29, 1.82) is 0 Å². The molecular weight excluding hydrogens is 266 g/mol. The predicted octanol–water partition coefficient (Wildman–Crippen LogP) is 1.89. The monoisotopic (exact) mass is 292 g/mol. The van der Waals surface area contributed by atoms with Crippen molar-refractivity contribution >= 4 is 5.91 Å². The highest BCUT2D eigenvalue weighted by Gasteiger charge is 2.40. The van der Waals surface area contributed by atoms with Gasteiger partial charge in [0.15, 0.2) is 0 Å². The summed E-state index contributed by atoms with van der Waals surface area (Å²) in [7, 11) is 1.44. The van der Waals surface area contributed by atoms with Gasteiger partial charge in [0, 0.05) is 25.5 Å². The molecule has 0 aromatic heterocycles. The molecule has 0 radical (unpaired) electrons. The standard InChI is InChI=1S/C14H26F2N2O2/c1-11(2)17-13(19)10-18-7-4-12(5-8-18)14(15,16)6-9-20-3/h11-12H,4-10H2,1-3H3,(H,17,19). The smallest absolute Gasteiger partial charge is 0.253 e. The van der Waals surface area contributed by atoms with Crippen LogP contribution in [0.15, 0.2) is 0 Å². The second-order valence-electron chi connectivity index (χ2n) is 5.78. The first-order valence-electron chi connectivity index (χ1n) is 7.23. The molecule has 118 valence electrons. The van der Waals surface area contributed by atoms with Crippen LogP contribution in [0.3, 0.4) is 0 Å². The van der Waals surface area contributed by atoms with Crippen LogP contribution in [0.25, 0.3) is 0 Å². The molecule has 20 heavy (non-hydrogen) atoms. The van der Waals surface area contributed by atoms with Gasteiger partial charge in [-0.1, -0.05) is 0 Å². The molecule has 1 amide bonds. The summed E-state index contributed by atoms with van der Waals surface area (Å²) in [5.41, 5.74) is 0. The lowest BCUT2D eigenvalue weighted by molar-refractivity contribution is -0.124. The number of methoxy groups -OCH3 is 1. The Labute approximate surface area is 119 Å². The van der Waals surface area contributed by atoms with Crippen molar-refractivity contribution in [2.75, 3.05) is 33.4 Å². The van der Waals surface area contributed by atoms with Crippen molar-refractivity contribution in [3.63, 3.8) is 0 Å². The summed E-state index contributed by atoms with van der Waals surface area (Å²) in [6.07, 6.45) is 0.652. The van der Waals surface area contributed by atoms with Gasteiger partial charge >= 0.3 is 0 Å². The Morgan fingerprint density at radius 2 is 2.00 bits per heavy atom. The first-order valence-corrected chi connectivity index (χ1v) is 7.23. The number of carbonyl (C=O) groups excluding carboxylic acids is 1. The van der Waals surface area contributed by atoms with E-state index in [2.05, 4.69) is 5.32 Å². The molecule has 6 heteroatoms. The number of piperidine rings is 1. The van der Waals surface area contributed by atoms with Crippen LogP contribution in [-0.4, -0.2) is 56.1 Å². The molecule has 4 nitrogen and oxygen atoms in total. The van der Waals surface area contributed by atoms with E-state index in [1.165, 1.54) is 7.11 Å². The van der Waals surface area contributed by atoms with Crippen LogP contribution < -0.4 is 5.32 Å². The highest BCUT2D eigenvalue weighted by molar-refractivity contribution is 5.78. The fraction of sp³-hybridized carbons (Fsp3) is 0.929. The van der Waals surface area contributed by atoms with Gasteiger partial charge in [0.05, 0.1) is 13.2 Å². The predicted molar refractivity (Wildman–Crippen MR) is 73.9 cm³/mol. The minimum absolute atomic E-state index is 0.0374. The number of hydrogen-bond acceptors (Lipinski definition) is 3. The van der Waals surface area contributed by atoms with E-state index in [-0.39, 0.29) is 25.0 Å². The molecule has 1 heterocycles. The van der Waals surface area contributed by atoms with Crippen molar-refractivity contribution < 1.29 is 18.3 Å². The van der Waals surface area contributed by atoms with Crippen LogP contribution in [-0.2, 0) is 9.53 Å². The van der Waals surface area contributed by atoms with Gasteiger partial charge in [-0.15, -0.1) is 0 Å². The number of amides is 1. The number of nitrogens with one attached hydrogen (secondary N) is 1. The molecule has 0 unspecified atom stereocenters. The maximum atomic E-state index is 13.9. The zero-order valence-corrected chi connectivity index (χ0v) is 12.6. The summed E-state index contributed by atoms with van der Waals surface area (Å²) >= 11 is 0. The summed E-state index contributed by atoms with van der Waals surface area (Å²) in [6.45, 7) is 5.30. The average molecular weight is 292 g/mol. The lowest BCUT2D eigenvalue weighted by Gasteiger charge is -2.35. The lowest BCUT2D eigenvalue weighted by atomic mass is 9.89. The quantitative estimate of drug-likeness (QED) is 0.779. The second kappa shape index (κ2) is 7.88. The van der Waals surface area contributed by atoms with E-state index < -0.39 is 11.8 Å². The fourth-order valence-electron chi connectivity index (χ4n) is 2.53. The van der Waals surface area contributed by atoms with E-state index in [0.29, 0.717) is 32.5 Å². The number of halogens is 2. The molecule has 1 aliphatic rings. The average Bonchev–Trinajstić information content (AvgIpc) is 2.36. The number of nitrogens with zero attached hydrogens (tertiary/aromatic N) is 1. The van der Waals surface area contributed by atoms with Crippen LogP contribution >= 0.6 is 0 Å². The first-order chi connectivity index (χ1) is 9.35. The molecule has 0 atom stereocenters. The molecule has 0 aliphatic carbocycles. The maximum Gasteiger partial charge on any atom is 0.253 e. The normalized spacial score (nSPS) is 18.5. The minimum Gasteiger partial charge on any atom is -0.384 e. The molecule has 1 aliphatic heterocycles. The summed E-state index contributed by atoms with van der Waals surface area (Å²) in [5.74, 6) is -3.30. The number of likely N-dealkylation sites (tertiary alicyclic amines) is 1. The summed E-state index contributed by atoms with van der Waals surface area (Å²) in [5, 5.41) is 2.81. The van der Waals surface area contributed by atoms with Gasteiger partial charge in [0.25, 0.3) is 5.92 Å². The highest BCUT2D eigenvalue weighted by Crippen LogP contribution is 2.35. The molecule has 1 saturated heterocycles. The van der Waals surface area contributed by atoms with Gasteiger partial charge in [-0.2, -0.15) is 0 Å². The molecule has 0 aromatic carbocycles. The van der Waals surface area contributed by atoms with Gasteiger partial charge in [-0.3, -0.25) is 9.69 Å². The van der Waals surface area contributed by atoms with Crippen molar-refractivity contribution in [3.8, 4) is 0 Å².